The van der Waals surface area contributed by atoms with Crippen LogP contribution in [0.2, 0.25) is 0 Å². The van der Waals surface area contributed by atoms with E-state index in [1.54, 1.807) is 6.07 Å². The molecule has 0 bridgehead atoms. The normalized spacial score (nSPS) is 11.1. The van der Waals surface area contributed by atoms with E-state index in [0.29, 0.717) is 12.2 Å². The molecule has 2 aromatic carbocycles. The number of rotatable bonds is 5. The topological polar surface area (TPSA) is 35.5 Å². The van der Waals surface area contributed by atoms with E-state index in [4.69, 9.17) is 9.47 Å². The predicted molar refractivity (Wildman–Crippen MR) is 87.9 cm³/mol. The number of hydrogen-bond acceptors (Lipinski definition) is 3. The van der Waals surface area contributed by atoms with Crippen molar-refractivity contribution < 1.29 is 14.3 Å². The van der Waals surface area contributed by atoms with Crippen LogP contribution in [-0.2, 0) is 11.3 Å². The molecule has 0 unspecified atom stereocenters. The average molecular weight is 296 g/mol. The summed E-state index contributed by atoms with van der Waals surface area (Å²) in [6.07, 6.45) is 1.99. The maximum atomic E-state index is 11.7. The molecule has 3 heteroatoms. The second kappa shape index (κ2) is 7.46. The van der Waals surface area contributed by atoms with Crippen molar-refractivity contribution in [1.29, 1.82) is 0 Å². The van der Waals surface area contributed by atoms with Gasteiger partial charge >= 0.3 is 5.97 Å². The third kappa shape index (κ3) is 3.76. The van der Waals surface area contributed by atoms with E-state index in [0.717, 1.165) is 22.4 Å². The molecular formula is C19H20O3. The van der Waals surface area contributed by atoms with E-state index in [1.165, 1.54) is 7.11 Å². The smallest absolute Gasteiger partial charge is 0.337 e. The summed E-state index contributed by atoms with van der Waals surface area (Å²) in [5.74, 6) is 0.409. The number of carbonyl (C=O) groups excluding carboxylic acids is 1. The molecule has 0 saturated heterocycles. The second-order valence-electron chi connectivity index (χ2n) is 4.95. The first-order chi connectivity index (χ1) is 10.7. The Bertz CT molecular complexity index is 672. The first-order valence-electron chi connectivity index (χ1n) is 7.18. The second-order valence-corrected chi connectivity index (χ2v) is 4.95. The summed E-state index contributed by atoms with van der Waals surface area (Å²) in [6, 6.07) is 15.3. The summed E-state index contributed by atoms with van der Waals surface area (Å²) in [6.45, 7) is 4.44. The number of methoxy groups -OCH3 is 1. The molecular weight excluding hydrogens is 276 g/mol. The van der Waals surface area contributed by atoms with Gasteiger partial charge in [-0.3, -0.25) is 0 Å². The van der Waals surface area contributed by atoms with Crippen molar-refractivity contribution >= 4 is 11.5 Å². The van der Waals surface area contributed by atoms with Crippen LogP contribution in [0.1, 0.15) is 35.3 Å². The molecule has 22 heavy (non-hydrogen) atoms. The summed E-state index contributed by atoms with van der Waals surface area (Å²) >= 11 is 0. The Morgan fingerprint density at radius 1 is 1.14 bits per heavy atom. The van der Waals surface area contributed by atoms with Crippen LogP contribution in [0.5, 0.6) is 5.75 Å². The largest absolute Gasteiger partial charge is 0.488 e. The Kier molecular flexibility index (Phi) is 5.37. The van der Waals surface area contributed by atoms with Gasteiger partial charge in [0.15, 0.2) is 0 Å². The van der Waals surface area contributed by atoms with E-state index < -0.39 is 0 Å². The third-order valence-electron chi connectivity index (χ3n) is 3.50. The van der Waals surface area contributed by atoms with Crippen LogP contribution in [-0.4, -0.2) is 13.1 Å². The van der Waals surface area contributed by atoms with Crippen molar-refractivity contribution in [1.82, 2.24) is 0 Å². The summed E-state index contributed by atoms with van der Waals surface area (Å²) in [5, 5.41) is 0. The zero-order valence-electron chi connectivity index (χ0n) is 13.1. The Balaban J connectivity index is 2.28. The fourth-order valence-corrected chi connectivity index (χ4v) is 2.10. The van der Waals surface area contributed by atoms with Gasteiger partial charge in [0.2, 0.25) is 0 Å². The van der Waals surface area contributed by atoms with Crippen molar-refractivity contribution in [3.05, 3.63) is 71.3 Å². The fourth-order valence-electron chi connectivity index (χ4n) is 2.10. The van der Waals surface area contributed by atoms with Crippen molar-refractivity contribution in [3.8, 4) is 5.75 Å². The summed E-state index contributed by atoms with van der Waals surface area (Å²) in [7, 11) is 1.38. The fraction of sp³-hybridized carbons (Fsp3) is 0.211. The molecule has 0 aliphatic rings. The zero-order valence-corrected chi connectivity index (χ0v) is 13.1. The molecule has 0 spiro atoms. The molecule has 2 rings (SSSR count). The molecule has 0 radical (unpaired) electrons. The molecule has 0 amide bonds. The molecule has 2 aromatic rings. The Morgan fingerprint density at radius 2 is 1.86 bits per heavy atom. The van der Waals surface area contributed by atoms with Gasteiger partial charge in [-0.2, -0.15) is 0 Å². The van der Waals surface area contributed by atoms with Crippen molar-refractivity contribution in [2.75, 3.05) is 7.11 Å². The highest BCUT2D eigenvalue weighted by Crippen LogP contribution is 2.28. The standard InChI is InChI=1S/C19H20O3/c1-4-14(2)17-12-16(19(20)21-3)10-11-18(17)22-13-15-8-6-5-7-9-15/h4-12H,13H2,1-3H3/b14-4-. The van der Waals surface area contributed by atoms with E-state index in [2.05, 4.69) is 0 Å². The van der Waals surface area contributed by atoms with E-state index >= 15 is 0 Å². The summed E-state index contributed by atoms with van der Waals surface area (Å²) in [4.78, 5) is 11.7. The maximum Gasteiger partial charge on any atom is 0.337 e. The number of carbonyl (C=O) groups is 1. The van der Waals surface area contributed by atoms with Gasteiger partial charge in [0, 0.05) is 5.56 Å². The lowest BCUT2D eigenvalue weighted by Crippen LogP contribution is -2.04. The first kappa shape index (κ1) is 15.8. The number of esters is 1. The third-order valence-corrected chi connectivity index (χ3v) is 3.50. The molecule has 114 valence electrons. The molecule has 0 atom stereocenters. The van der Waals surface area contributed by atoms with Crippen molar-refractivity contribution in [2.24, 2.45) is 0 Å². The molecule has 0 aliphatic carbocycles. The molecule has 0 aliphatic heterocycles. The average Bonchev–Trinajstić information content (AvgIpc) is 2.59. The lowest BCUT2D eigenvalue weighted by molar-refractivity contribution is 0.0600. The lowest BCUT2D eigenvalue weighted by atomic mass is 10.0. The van der Waals surface area contributed by atoms with Gasteiger partial charge in [-0.15, -0.1) is 0 Å². The highest BCUT2D eigenvalue weighted by Gasteiger charge is 2.12. The predicted octanol–water partition coefficient (Wildman–Crippen LogP) is 4.48. The van der Waals surface area contributed by atoms with Crippen LogP contribution in [0.4, 0.5) is 0 Å². The SMILES string of the molecule is C/C=C(/C)c1cc(C(=O)OC)ccc1OCc1ccccc1. The zero-order chi connectivity index (χ0) is 15.9. The van der Waals surface area contributed by atoms with Crippen LogP contribution < -0.4 is 4.74 Å². The Morgan fingerprint density at radius 3 is 2.50 bits per heavy atom. The summed E-state index contributed by atoms with van der Waals surface area (Å²) < 4.78 is 10.7. The molecule has 3 nitrogen and oxygen atoms in total. The van der Waals surface area contributed by atoms with Gasteiger partial charge in [0.05, 0.1) is 12.7 Å². The quantitative estimate of drug-likeness (QED) is 0.763. The van der Waals surface area contributed by atoms with Gasteiger partial charge in [-0.25, -0.2) is 4.79 Å². The molecule has 0 saturated carbocycles. The van der Waals surface area contributed by atoms with E-state index in [9.17, 15) is 4.79 Å². The first-order valence-corrected chi connectivity index (χ1v) is 7.18. The van der Waals surface area contributed by atoms with Crippen LogP contribution in [0.15, 0.2) is 54.6 Å². The minimum absolute atomic E-state index is 0.347. The van der Waals surface area contributed by atoms with Gasteiger partial charge in [0.25, 0.3) is 0 Å². The van der Waals surface area contributed by atoms with Crippen LogP contribution in [0.3, 0.4) is 0 Å². The minimum atomic E-state index is -0.347. The van der Waals surface area contributed by atoms with Crippen LogP contribution >= 0.6 is 0 Å². The summed E-state index contributed by atoms with van der Waals surface area (Å²) in [5.41, 5.74) is 3.57. The van der Waals surface area contributed by atoms with E-state index in [1.807, 2.05) is 62.4 Å². The molecule has 0 heterocycles. The monoisotopic (exact) mass is 296 g/mol. The Hall–Kier alpha value is -2.55. The van der Waals surface area contributed by atoms with Crippen LogP contribution in [0.25, 0.3) is 5.57 Å². The molecule has 0 fully saturated rings. The van der Waals surface area contributed by atoms with Gasteiger partial charge < -0.3 is 9.47 Å². The molecule has 0 N–H and O–H groups in total. The Labute approximate surface area is 131 Å². The van der Waals surface area contributed by atoms with Crippen molar-refractivity contribution in [3.63, 3.8) is 0 Å². The highest BCUT2D eigenvalue weighted by molar-refractivity contribution is 5.91. The van der Waals surface area contributed by atoms with Crippen molar-refractivity contribution in [2.45, 2.75) is 20.5 Å². The van der Waals surface area contributed by atoms with Gasteiger partial charge in [0.1, 0.15) is 12.4 Å². The minimum Gasteiger partial charge on any atom is -0.488 e. The lowest BCUT2D eigenvalue weighted by Gasteiger charge is -2.13. The maximum absolute atomic E-state index is 11.7. The van der Waals surface area contributed by atoms with Gasteiger partial charge in [-0.1, -0.05) is 36.4 Å². The number of hydrogen-bond donors (Lipinski definition) is 0. The molecule has 0 aromatic heterocycles. The van der Waals surface area contributed by atoms with Crippen LogP contribution in [0, 0.1) is 0 Å². The number of allylic oxidation sites excluding steroid dienone is 2. The highest BCUT2D eigenvalue weighted by atomic mass is 16.5. The van der Waals surface area contributed by atoms with Gasteiger partial charge in [-0.05, 0) is 43.2 Å². The number of ether oxygens (including phenoxy) is 2. The number of benzene rings is 2. The van der Waals surface area contributed by atoms with E-state index in [-0.39, 0.29) is 5.97 Å².